The van der Waals surface area contributed by atoms with Gasteiger partial charge in [0.25, 0.3) is 0 Å². The molecule has 64 heavy (non-hydrogen) atoms. The Hall–Kier alpha value is -8.07. The zero-order valence-electron chi connectivity index (χ0n) is 32.5. The number of esters is 2. The van der Waals surface area contributed by atoms with Crippen LogP contribution in [0.3, 0.4) is 0 Å². The average molecular weight is 887 g/mol. The van der Waals surface area contributed by atoms with Gasteiger partial charge in [0, 0.05) is 66.5 Å². The molecule has 4 aromatic rings. The number of carbonyl (C=O) groups excluding carboxylic acids is 5. The van der Waals surface area contributed by atoms with Crippen molar-refractivity contribution in [3.05, 3.63) is 82.6 Å². The molecule has 2 aliphatic heterocycles. The Bertz CT molecular complexity index is 2760. The van der Waals surface area contributed by atoms with Gasteiger partial charge in [0.15, 0.2) is 57.4 Å². The van der Waals surface area contributed by atoms with E-state index in [0.717, 1.165) is 36.4 Å². The number of carbonyl (C=O) groups is 5. The van der Waals surface area contributed by atoms with Gasteiger partial charge in [-0.1, -0.05) is 0 Å². The monoisotopic (exact) mass is 886 g/mol. The van der Waals surface area contributed by atoms with Crippen LogP contribution < -0.4 is 9.47 Å². The summed E-state index contributed by atoms with van der Waals surface area (Å²) >= 11 is 0. The van der Waals surface area contributed by atoms with Crippen molar-refractivity contribution >= 4 is 29.3 Å². The highest BCUT2D eigenvalue weighted by atomic mass is 16.6. The van der Waals surface area contributed by atoms with Gasteiger partial charge in [0.1, 0.15) is 58.9 Å². The van der Waals surface area contributed by atoms with Crippen LogP contribution in [0.15, 0.2) is 60.4 Å². The number of hydrogen-bond donors (Lipinski definition) is 12. The highest BCUT2D eigenvalue weighted by molar-refractivity contribution is 6.19. The number of Topliss-reactive ketones (excluding diaryl/α,β-unsaturated/α-hetero) is 3. The van der Waals surface area contributed by atoms with Crippen LogP contribution >= 0.6 is 0 Å². The normalized spacial score (nSPS) is 28.8. The first-order chi connectivity index (χ1) is 30.1. The molecule has 10 rings (SSSR count). The molecule has 0 amide bonds. The van der Waals surface area contributed by atoms with Crippen molar-refractivity contribution < 1.29 is 104 Å². The summed E-state index contributed by atoms with van der Waals surface area (Å²) in [4.78, 5) is 71.8. The number of aromatic hydroxyl groups is 10. The fourth-order valence-corrected chi connectivity index (χ4v) is 10.2. The van der Waals surface area contributed by atoms with Gasteiger partial charge < -0.3 is 80.2 Å². The van der Waals surface area contributed by atoms with Crippen molar-refractivity contribution in [1.82, 2.24) is 0 Å². The Morgan fingerprint density at radius 3 is 1.41 bits per heavy atom. The Morgan fingerprint density at radius 1 is 0.562 bits per heavy atom. The number of ketones is 3. The van der Waals surface area contributed by atoms with Crippen LogP contribution in [0.4, 0.5) is 0 Å². The molecule has 332 valence electrons. The number of hydrogen-bond acceptors (Lipinski definition) is 21. The lowest BCUT2D eigenvalue weighted by atomic mass is 9.38. The van der Waals surface area contributed by atoms with Gasteiger partial charge in [0.2, 0.25) is 5.78 Å². The molecule has 0 spiro atoms. The van der Waals surface area contributed by atoms with Crippen LogP contribution in [0.25, 0.3) is 0 Å². The van der Waals surface area contributed by atoms with E-state index in [1.807, 2.05) is 0 Å². The number of benzene rings is 4. The number of phenols is 10. The third-order valence-corrected chi connectivity index (χ3v) is 12.9. The van der Waals surface area contributed by atoms with Crippen molar-refractivity contribution in [3.63, 3.8) is 0 Å². The van der Waals surface area contributed by atoms with Crippen LogP contribution in [0.2, 0.25) is 0 Å². The first-order valence-electron chi connectivity index (χ1n) is 19.2. The molecule has 21 nitrogen and oxygen atoms in total. The molecular weight excluding hydrogens is 852 g/mol. The number of phenolic OH excluding ortho intramolecular Hbond substituents is 10. The van der Waals surface area contributed by atoms with E-state index in [4.69, 9.17) is 18.9 Å². The summed E-state index contributed by atoms with van der Waals surface area (Å²) in [5, 5.41) is 127. The van der Waals surface area contributed by atoms with E-state index >= 15 is 0 Å². The molecule has 6 atom stereocenters. The molecule has 2 bridgehead atoms. The lowest BCUT2D eigenvalue weighted by molar-refractivity contribution is -0.241. The molecule has 0 unspecified atom stereocenters. The van der Waals surface area contributed by atoms with E-state index in [1.54, 1.807) is 0 Å². The molecule has 0 saturated heterocycles. The second-order valence-corrected chi connectivity index (χ2v) is 16.4. The number of rotatable bonds is 6. The highest BCUT2D eigenvalue weighted by Gasteiger charge is 2.84. The lowest BCUT2D eigenvalue weighted by Gasteiger charge is -2.65. The molecule has 3 saturated carbocycles. The maximum absolute atomic E-state index is 14.7. The SMILES string of the molecule is O=C(O[C@@H]1Cc2c(O)cc(O)cc2O[C@@H]1C12CC(=O)C(O)(C(=O)C1)[C@@]1([C@H]3Oc4cc(O)cc(O)c4C[C@H]3OC(=O)c3cc(O)c(O)c(O)c3)C=C(O)C(=O)[C@@H]21)c1cc(O)c(O)c(O)c1. The fraction of sp³-hybridized carbons (Fsp3) is 0.279. The zero-order chi connectivity index (χ0) is 46.1. The third-order valence-electron chi connectivity index (χ3n) is 12.9. The number of aliphatic hydroxyl groups is 2. The van der Waals surface area contributed by atoms with Gasteiger partial charge >= 0.3 is 11.9 Å². The summed E-state index contributed by atoms with van der Waals surface area (Å²) in [7, 11) is 0. The largest absolute Gasteiger partial charge is 0.508 e. The maximum Gasteiger partial charge on any atom is 0.338 e. The van der Waals surface area contributed by atoms with Gasteiger partial charge in [-0.05, 0) is 30.3 Å². The van der Waals surface area contributed by atoms with E-state index < -0.39 is 176 Å². The molecule has 21 heteroatoms. The van der Waals surface area contributed by atoms with Crippen molar-refractivity contribution in [2.75, 3.05) is 0 Å². The van der Waals surface area contributed by atoms with Crippen molar-refractivity contribution in [2.24, 2.45) is 16.7 Å². The van der Waals surface area contributed by atoms with E-state index in [1.165, 1.54) is 0 Å². The lowest BCUT2D eigenvalue weighted by Crippen LogP contribution is -2.81. The predicted octanol–water partition coefficient (Wildman–Crippen LogP) is 1.79. The van der Waals surface area contributed by atoms with Crippen LogP contribution in [-0.4, -0.2) is 121 Å². The summed E-state index contributed by atoms with van der Waals surface area (Å²) in [6.45, 7) is 0. The van der Waals surface area contributed by atoms with E-state index in [2.05, 4.69) is 0 Å². The van der Waals surface area contributed by atoms with Crippen molar-refractivity contribution in [2.45, 2.75) is 55.7 Å². The molecule has 0 aromatic heterocycles. The van der Waals surface area contributed by atoms with Crippen LogP contribution in [0, 0.1) is 16.7 Å². The summed E-state index contributed by atoms with van der Waals surface area (Å²) in [5.41, 5.74) is -9.77. The Morgan fingerprint density at radius 2 is 0.969 bits per heavy atom. The quantitative estimate of drug-likeness (QED) is 0.0746. The fourth-order valence-electron chi connectivity index (χ4n) is 10.2. The van der Waals surface area contributed by atoms with Gasteiger partial charge in [-0.2, -0.15) is 0 Å². The highest BCUT2D eigenvalue weighted by Crippen LogP contribution is 2.70. The minimum absolute atomic E-state index is 0.0875. The van der Waals surface area contributed by atoms with Gasteiger partial charge in [0.05, 0.1) is 22.5 Å². The molecule has 3 fully saturated rings. The number of ether oxygens (including phenoxy) is 4. The van der Waals surface area contributed by atoms with Gasteiger partial charge in [-0.15, -0.1) is 0 Å². The third kappa shape index (κ3) is 5.62. The molecule has 0 radical (unpaired) electrons. The summed E-state index contributed by atoms with van der Waals surface area (Å²) in [6, 6.07) is 6.73. The first kappa shape index (κ1) is 41.3. The summed E-state index contributed by atoms with van der Waals surface area (Å²) < 4.78 is 24.3. The number of aliphatic hydroxyl groups excluding tert-OH is 1. The van der Waals surface area contributed by atoms with Crippen molar-refractivity contribution in [3.8, 4) is 69.0 Å². The molecule has 2 heterocycles. The second kappa shape index (κ2) is 13.7. The van der Waals surface area contributed by atoms with Gasteiger partial charge in [-0.25, -0.2) is 9.59 Å². The molecule has 4 aliphatic carbocycles. The van der Waals surface area contributed by atoms with Crippen LogP contribution in [0.1, 0.15) is 44.7 Å². The predicted molar refractivity (Wildman–Crippen MR) is 205 cm³/mol. The van der Waals surface area contributed by atoms with Crippen LogP contribution in [-0.2, 0) is 36.7 Å². The Kier molecular flexibility index (Phi) is 8.85. The average Bonchev–Trinajstić information content (AvgIpc) is 3.51. The number of allylic oxidation sites excluding steroid dienone is 1. The first-order valence-corrected chi connectivity index (χ1v) is 19.2. The van der Waals surface area contributed by atoms with E-state index in [9.17, 15) is 85.3 Å². The van der Waals surface area contributed by atoms with Crippen LogP contribution in [0.5, 0.6) is 69.0 Å². The summed E-state index contributed by atoms with van der Waals surface area (Å²) in [6.07, 6.45) is -9.93. The minimum atomic E-state index is -3.29. The van der Waals surface area contributed by atoms with Gasteiger partial charge in [-0.3, -0.25) is 14.4 Å². The summed E-state index contributed by atoms with van der Waals surface area (Å²) in [5.74, 6) is -18.4. The standard InChI is InChI=1S/C43H34O21/c44-16-5-20(46)18-9-29(63-39(58)14-1-22(48)33(55)23(49)2-14)37(61-27(18)7-16)41-12-31(53)43(60,32(54)13-41)42(11-26(52)35(57)36(41)42)38-30(10-19-21(47)6-17(45)8-28(19)62-38)64-40(59)15-3-24(50)34(56)25(51)4-15/h1-8,11,29-30,36-38,44-52,55-56,60H,9-10,12-13H2/t29-,30-,36+,37+,38+,41?,42+,43?/m1/s1. The molecule has 12 N–H and O–H groups in total. The molecular formula is C43H34O21. The maximum atomic E-state index is 14.7. The Balaban J connectivity index is 1.23. The van der Waals surface area contributed by atoms with E-state index in [0.29, 0.717) is 18.2 Å². The number of fused-ring (bicyclic) bond motifs is 4. The Labute approximate surface area is 357 Å². The molecule has 6 aliphatic rings. The molecule has 4 aromatic carbocycles. The zero-order valence-corrected chi connectivity index (χ0v) is 32.5. The smallest absolute Gasteiger partial charge is 0.338 e. The topological polar surface area (TPSA) is 365 Å². The second-order valence-electron chi connectivity index (χ2n) is 16.4. The van der Waals surface area contributed by atoms with Crippen molar-refractivity contribution in [1.29, 1.82) is 0 Å². The minimum Gasteiger partial charge on any atom is -0.508 e. The van der Waals surface area contributed by atoms with E-state index in [-0.39, 0.29) is 22.6 Å².